The Morgan fingerprint density at radius 1 is 1.32 bits per heavy atom. The lowest BCUT2D eigenvalue weighted by Gasteiger charge is -2.23. The van der Waals surface area contributed by atoms with Gasteiger partial charge in [0.05, 0.1) is 5.69 Å². The average Bonchev–Trinajstić information content (AvgIpc) is 2.73. The van der Waals surface area contributed by atoms with Gasteiger partial charge in [-0.3, -0.25) is 4.79 Å². The Kier molecular flexibility index (Phi) is 5.45. The Hall–Kier alpha value is -1.45. The van der Waals surface area contributed by atoms with Crippen LogP contribution in [0, 0.1) is 5.92 Å². The van der Waals surface area contributed by atoms with Crippen LogP contribution >= 0.6 is 0 Å². The zero-order valence-corrected chi connectivity index (χ0v) is 12.7. The number of anilines is 1. The van der Waals surface area contributed by atoms with Gasteiger partial charge in [-0.25, -0.2) is 0 Å². The van der Waals surface area contributed by atoms with E-state index in [1.165, 1.54) is 0 Å². The summed E-state index contributed by atoms with van der Waals surface area (Å²) < 4.78 is 1.92. The molecule has 1 heterocycles. The van der Waals surface area contributed by atoms with Crippen LogP contribution in [-0.4, -0.2) is 16.5 Å². The molecule has 0 aliphatic heterocycles. The monoisotopic (exact) mass is 265 g/mol. The summed E-state index contributed by atoms with van der Waals surface area (Å²) in [6.45, 7) is 10.5. The average molecular weight is 265 g/mol. The van der Waals surface area contributed by atoms with Crippen LogP contribution in [-0.2, 0) is 0 Å². The van der Waals surface area contributed by atoms with E-state index in [9.17, 15) is 4.79 Å². The molecule has 1 aromatic heterocycles. The molecule has 0 saturated carbocycles. The quantitative estimate of drug-likeness (QED) is 0.829. The molecule has 4 nitrogen and oxygen atoms in total. The van der Waals surface area contributed by atoms with Gasteiger partial charge in [-0.15, -0.1) is 0 Å². The van der Waals surface area contributed by atoms with Gasteiger partial charge in [-0.1, -0.05) is 26.7 Å². The lowest BCUT2D eigenvalue weighted by Crippen LogP contribution is -2.38. The van der Waals surface area contributed by atoms with Crippen molar-refractivity contribution in [2.24, 2.45) is 5.92 Å². The molecule has 4 heteroatoms. The van der Waals surface area contributed by atoms with Gasteiger partial charge >= 0.3 is 0 Å². The first kappa shape index (κ1) is 15.6. The fourth-order valence-corrected chi connectivity index (χ4v) is 2.50. The zero-order chi connectivity index (χ0) is 14.6. The highest BCUT2D eigenvalue weighted by atomic mass is 16.2. The standard InChI is InChI=1S/C15H27N3O/c1-6-12(7-2)11(5)17-15(19)14-8-13(16)9-18(14)10(3)4/h8-12H,6-7,16H2,1-5H3,(H,17,19). The second-order valence-corrected chi connectivity index (χ2v) is 5.50. The highest BCUT2D eigenvalue weighted by Crippen LogP contribution is 2.18. The molecule has 0 spiro atoms. The number of rotatable bonds is 6. The molecule has 0 bridgehead atoms. The molecule has 1 unspecified atom stereocenters. The van der Waals surface area contributed by atoms with Crippen molar-refractivity contribution in [1.29, 1.82) is 0 Å². The fourth-order valence-electron chi connectivity index (χ4n) is 2.50. The largest absolute Gasteiger partial charge is 0.397 e. The Bertz CT molecular complexity index is 419. The van der Waals surface area contributed by atoms with E-state index in [-0.39, 0.29) is 18.0 Å². The normalized spacial score (nSPS) is 13.0. The van der Waals surface area contributed by atoms with Crippen LogP contribution in [0.1, 0.15) is 64.0 Å². The molecular formula is C15H27N3O. The van der Waals surface area contributed by atoms with E-state index in [4.69, 9.17) is 5.73 Å². The van der Waals surface area contributed by atoms with E-state index < -0.39 is 0 Å². The Morgan fingerprint density at radius 2 is 1.89 bits per heavy atom. The van der Waals surface area contributed by atoms with Crippen molar-refractivity contribution in [3.05, 3.63) is 18.0 Å². The van der Waals surface area contributed by atoms with Gasteiger partial charge in [0.15, 0.2) is 0 Å². The number of carbonyl (C=O) groups excluding carboxylic acids is 1. The number of hydrogen-bond donors (Lipinski definition) is 2. The summed E-state index contributed by atoms with van der Waals surface area (Å²) in [4.78, 5) is 12.3. The second kappa shape index (κ2) is 6.64. The van der Waals surface area contributed by atoms with Crippen molar-refractivity contribution >= 4 is 11.6 Å². The van der Waals surface area contributed by atoms with Crippen LogP contribution < -0.4 is 11.1 Å². The number of carbonyl (C=O) groups is 1. The third kappa shape index (κ3) is 3.75. The smallest absolute Gasteiger partial charge is 0.268 e. The lowest BCUT2D eigenvalue weighted by molar-refractivity contribution is 0.0914. The molecular weight excluding hydrogens is 238 g/mol. The summed E-state index contributed by atoms with van der Waals surface area (Å²) in [5, 5.41) is 3.09. The summed E-state index contributed by atoms with van der Waals surface area (Å²) in [7, 11) is 0. The van der Waals surface area contributed by atoms with Gasteiger partial charge < -0.3 is 15.6 Å². The molecule has 1 aromatic rings. The maximum absolute atomic E-state index is 12.3. The van der Waals surface area contributed by atoms with E-state index >= 15 is 0 Å². The Labute approximate surface area is 116 Å². The van der Waals surface area contributed by atoms with Crippen LogP contribution in [0.5, 0.6) is 0 Å². The van der Waals surface area contributed by atoms with Gasteiger partial charge in [-0.05, 0) is 32.8 Å². The zero-order valence-electron chi connectivity index (χ0n) is 12.7. The van der Waals surface area contributed by atoms with Crippen molar-refractivity contribution in [1.82, 2.24) is 9.88 Å². The van der Waals surface area contributed by atoms with Gasteiger partial charge in [0.2, 0.25) is 0 Å². The van der Waals surface area contributed by atoms with E-state index in [1.54, 1.807) is 6.07 Å². The maximum Gasteiger partial charge on any atom is 0.268 e. The number of nitrogens with two attached hydrogens (primary N) is 1. The van der Waals surface area contributed by atoms with Crippen molar-refractivity contribution in [2.45, 2.75) is 59.5 Å². The summed E-state index contributed by atoms with van der Waals surface area (Å²) in [6, 6.07) is 2.15. The van der Waals surface area contributed by atoms with Crippen LogP contribution in [0.15, 0.2) is 12.3 Å². The van der Waals surface area contributed by atoms with Crippen molar-refractivity contribution < 1.29 is 4.79 Å². The molecule has 108 valence electrons. The number of aromatic nitrogens is 1. The topological polar surface area (TPSA) is 60.1 Å². The number of nitrogens with zero attached hydrogens (tertiary/aromatic N) is 1. The molecule has 0 saturated heterocycles. The van der Waals surface area contributed by atoms with E-state index in [2.05, 4.69) is 26.1 Å². The fraction of sp³-hybridized carbons (Fsp3) is 0.667. The molecule has 0 fully saturated rings. The van der Waals surface area contributed by atoms with E-state index in [0.717, 1.165) is 12.8 Å². The first-order valence-corrected chi connectivity index (χ1v) is 7.18. The highest BCUT2D eigenvalue weighted by Gasteiger charge is 2.20. The van der Waals surface area contributed by atoms with Gasteiger partial charge in [0.1, 0.15) is 5.69 Å². The van der Waals surface area contributed by atoms with Crippen molar-refractivity contribution in [3.63, 3.8) is 0 Å². The third-order valence-electron chi connectivity index (χ3n) is 3.77. The minimum atomic E-state index is -0.0372. The molecule has 0 aliphatic rings. The minimum Gasteiger partial charge on any atom is -0.397 e. The third-order valence-corrected chi connectivity index (χ3v) is 3.77. The maximum atomic E-state index is 12.3. The second-order valence-electron chi connectivity index (χ2n) is 5.50. The van der Waals surface area contributed by atoms with Gasteiger partial charge in [0.25, 0.3) is 5.91 Å². The summed E-state index contributed by atoms with van der Waals surface area (Å²) in [5.41, 5.74) is 7.07. The number of amides is 1. The molecule has 1 rings (SSSR count). The van der Waals surface area contributed by atoms with Crippen LogP contribution in [0.25, 0.3) is 0 Å². The number of nitrogen functional groups attached to an aromatic ring is 1. The van der Waals surface area contributed by atoms with Crippen LogP contribution in [0.4, 0.5) is 5.69 Å². The SMILES string of the molecule is CCC(CC)C(C)NC(=O)c1cc(N)cn1C(C)C. The predicted octanol–water partition coefficient (Wildman–Crippen LogP) is 3.21. The number of hydrogen-bond acceptors (Lipinski definition) is 2. The van der Waals surface area contributed by atoms with Crippen molar-refractivity contribution in [3.8, 4) is 0 Å². The summed E-state index contributed by atoms with van der Waals surface area (Å²) in [5.74, 6) is 0.480. The molecule has 1 amide bonds. The Balaban J connectivity index is 2.83. The first-order valence-electron chi connectivity index (χ1n) is 7.18. The van der Waals surface area contributed by atoms with Crippen molar-refractivity contribution in [2.75, 3.05) is 5.73 Å². The molecule has 1 atom stereocenters. The van der Waals surface area contributed by atoms with Gasteiger partial charge in [-0.2, -0.15) is 0 Å². The molecule has 0 radical (unpaired) electrons. The van der Waals surface area contributed by atoms with Crippen LogP contribution in [0.2, 0.25) is 0 Å². The molecule has 3 N–H and O–H groups in total. The van der Waals surface area contributed by atoms with Crippen LogP contribution in [0.3, 0.4) is 0 Å². The lowest BCUT2D eigenvalue weighted by atomic mass is 9.95. The molecule has 0 aromatic carbocycles. The predicted molar refractivity (Wildman–Crippen MR) is 80.2 cm³/mol. The number of nitrogens with one attached hydrogen (secondary N) is 1. The van der Waals surface area contributed by atoms with E-state index in [1.807, 2.05) is 24.6 Å². The molecule has 0 aliphatic carbocycles. The first-order chi connectivity index (χ1) is 8.90. The summed E-state index contributed by atoms with van der Waals surface area (Å²) >= 11 is 0. The van der Waals surface area contributed by atoms with E-state index in [0.29, 0.717) is 17.3 Å². The highest BCUT2D eigenvalue weighted by molar-refractivity contribution is 5.94. The molecule has 19 heavy (non-hydrogen) atoms. The Morgan fingerprint density at radius 3 is 2.37 bits per heavy atom. The van der Waals surface area contributed by atoms with Gasteiger partial charge in [0, 0.05) is 18.3 Å². The summed E-state index contributed by atoms with van der Waals surface area (Å²) in [6.07, 6.45) is 3.97. The minimum absolute atomic E-state index is 0.0372.